The molecular formula is C20H23F2N3O. The molecule has 2 aliphatic rings. The highest BCUT2D eigenvalue weighted by atomic mass is 19.1. The largest absolute Gasteiger partial charge is 0.294 e. The Kier molecular flexibility index (Phi) is 4.85. The van der Waals surface area contributed by atoms with Gasteiger partial charge in [-0.05, 0) is 68.3 Å². The molecule has 2 aromatic rings. The molecule has 26 heavy (non-hydrogen) atoms. The van der Waals surface area contributed by atoms with Gasteiger partial charge in [0.15, 0.2) is 0 Å². The second-order valence-corrected chi connectivity index (χ2v) is 7.39. The highest BCUT2D eigenvalue weighted by Crippen LogP contribution is 2.22. The molecule has 4 rings (SSSR count). The summed E-state index contributed by atoms with van der Waals surface area (Å²) in [5.74, 6) is -1.10. The van der Waals surface area contributed by atoms with E-state index in [1.54, 1.807) is 10.7 Å². The fraction of sp³-hybridized carbons (Fsp3) is 0.500. The second kappa shape index (κ2) is 7.27. The van der Waals surface area contributed by atoms with Crippen molar-refractivity contribution in [3.8, 4) is 0 Å². The van der Waals surface area contributed by atoms with Gasteiger partial charge in [0, 0.05) is 24.7 Å². The summed E-state index contributed by atoms with van der Waals surface area (Å²) in [4.78, 5) is 14.6. The van der Waals surface area contributed by atoms with Crippen LogP contribution in [0.25, 0.3) is 0 Å². The van der Waals surface area contributed by atoms with Crippen molar-refractivity contribution in [3.63, 3.8) is 0 Å². The molecule has 0 amide bonds. The highest BCUT2D eigenvalue weighted by molar-refractivity contribution is 5.20. The van der Waals surface area contributed by atoms with Crippen LogP contribution >= 0.6 is 0 Å². The van der Waals surface area contributed by atoms with Crippen LogP contribution in [0.5, 0.6) is 0 Å². The molecule has 1 aliphatic carbocycles. The topological polar surface area (TPSA) is 38.1 Å². The fourth-order valence-corrected chi connectivity index (χ4v) is 4.18. The van der Waals surface area contributed by atoms with Crippen molar-refractivity contribution < 1.29 is 8.78 Å². The number of halogens is 2. The molecule has 0 radical (unpaired) electrons. The Labute approximate surface area is 151 Å². The first kappa shape index (κ1) is 17.3. The Balaban J connectivity index is 1.51. The van der Waals surface area contributed by atoms with Crippen LogP contribution in [-0.2, 0) is 25.9 Å². The predicted octanol–water partition coefficient (Wildman–Crippen LogP) is 3.06. The lowest BCUT2D eigenvalue weighted by Crippen LogP contribution is -2.37. The summed E-state index contributed by atoms with van der Waals surface area (Å²) in [6.07, 6.45) is 6.11. The molecule has 0 spiro atoms. The quantitative estimate of drug-likeness (QED) is 0.842. The predicted molar refractivity (Wildman–Crippen MR) is 94.9 cm³/mol. The molecule has 1 aromatic heterocycles. The van der Waals surface area contributed by atoms with Crippen LogP contribution in [0.3, 0.4) is 0 Å². The van der Waals surface area contributed by atoms with E-state index in [-0.39, 0.29) is 11.6 Å². The van der Waals surface area contributed by atoms with Crippen molar-refractivity contribution in [1.29, 1.82) is 0 Å². The molecule has 1 atom stereocenters. The Morgan fingerprint density at radius 2 is 1.81 bits per heavy atom. The maximum Gasteiger partial charge on any atom is 0.267 e. The maximum absolute atomic E-state index is 13.4. The summed E-state index contributed by atoms with van der Waals surface area (Å²) < 4.78 is 28.5. The van der Waals surface area contributed by atoms with E-state index in [0.29, 0.717) is 18.7 Å². The monoisotopic (exact) mass is 359 g/mol. The van der Waals surface area contributed by atoms with Crippen LogP contribution in [-0.4, -0.2) is 27.3 Å². The first-order valence-electron chi connectivity index (χ1n) is 9.37. The van der Waals surface area contributed by atoms with Crippen molar-refractivity contribution >= 4 is 0 Å². The van der Waals surface area contributed by atoms with E-state index in [0.717, 1.165) is 62.4 Å². The normalized spacial score (nSPS) is 20.3. The number of aryl methyl sites for hydroxylation is 2. The number of nitrogens with zero attached hydrogens (tertiary/aromatic N) is 3. The van der Waals surface area contributed by atoms with Crippen molar-refractivity contribution in [3.05, 3.63) is 63.1 Å². The maximum atomic E-state index is 13.4. The first-order valence-corrected chi connectivity index (χ1v) is 9.37. The fourth-order valence-electron chi connectivity index (χ4n) is 4.18. The van der Waals surface area contributed by atoms with Crippen LogP contribution < -0.4 is 5.56 Å². The first-order chi connectivity index (χ1) is 12.6. The minimum absolute atomic E-state index is 0.0469. The zero-order valence-electron chi connectivity index (χ0n) is 14.8. The molecule has 1 unspecified atom stereocenters. The van der Waals surface area contributed by atoms with Gasteiger partial charge in [-0.2, -0.15) is 5.10 Å². The summed E-state index contributed by atoms with van der Waals surface area (Å²) in [6.45, 7) is 1.88. The molecule has 1 aromatic carbocycles. The Morgan fingerprint density at radius 3 is 2.62 bits per heavy atom. The molecule has 2 heterocycles. The molecule has 6 heteroatoms. The van der Waals surface area contributed by atoms with Gasteiger partial charge < -0.3 is 0 Å². The zero-order chi connectivity index (χ0) is 18.1. The van der Waals surface area contributed by atoms with Gasteiger partial charge in [0.25, 0.3) is 5.56 Å². The lowest BCUT2D eigenvalue weighted by molar-refractivity contribution is 0.215. The SMILES string of the molecule is O=c1cc2c(nn1CC1CCCN1Cc1cc(F)cc(F)c1)CCCC2. The van der Waals surface area contributed by atoms with Crippen LogP contribution in [0.4, 0.5) is 8.78 Å². The van der Waals surface area contributed by atoms with E-state index in [1.807, 2.05) is 0 Å². The van der Waals surface area contributed by atoms with Gasteiger partial charge in [-0.25, -0.2) is 13.5 Å². The van der Waals surface area contributed by atoms with Gasteiger partial charge >= 0.3 is 0 Å². The van der Waals surface area contributed by atoms with Crippen molar-refractivity contribution in [2.45, 2.75) is 57.7 Å². The highest BCUT2D eigenvalue weighted by Gasteiger charge is 2.26. The van der Waals surface area contributed by atoms with Crippen molar-refractivity contribution in [2.75, 3.05) is 6.54 Å². The van der Waals surface area contributed by atoms with Gasteiger partial charge in [-0.15, -0.1) is 0 Å². The summed E-state index contributed by atoms with van der Waals surface area (Å²) in [5, 5.41) is 4.60. The van der Waals surface area contributed by atoms with Gasteiger partial charge in [-0.3, -0.25) is 9.69 Å². The number of aromatic nitrogens is 2. The minimum Gasteiger partial charge on any atom is -0.294 e. The smallest absolute Gasteiger partial charge is 0.267 e. The minimum atomic E-state index is -0.552. The molecule has 4 nitrogen and oxygen atoms in total. The molecule has 1 fully saturated rings. The van der Waals surface area contributed by atoms with Gasteiger partial charge in [0.05, 0.1) is 12.2 Å². The molecular weight excluding hydrogens is 336 g/mol. The number of likely N-dealkylation sites (tertiary alicyclic amines) is 1. The number of rotatable bonds is 4. The van der Waals surface area contributed by atoms with E-state index < -0.39 is 11.6 Å². The summed E-state index contributed by atoms with van der Waals surface area (Å²) in [6, 6.07) is 5.54. The molecule has 138 valence electrons. The van der Waals surface area contributed by atoms with Crippen LogP contribution in [0.1, 0.15) is 42.5 Å². The van der Waals surface area contributed by atoms with Crippen LogP contribution in [0.15, 0.2) is 29.1 Å². The number of benzene rings is 1. The van der Waals surface area contributed by atoms with Gasteiger partial charge in [0.2, 0.25) is 0 Å². The van der Waals surface area contributed by atoms with Gasteiger partial charge in [0.1, 0.15) is 11.6 Å². The number of hydrogen-bond donors (Lipinski definition) is 0. The number of fused-ring (bicyclic) bond motifs is 1. The third kappa shape index (κ3) is 3.70. The van der Waals surface area contributed by atoms with Gasteiger partial charge in [-0.1, -0.05) is 0 Å². The third-order valence-corrected chi connectivity index (χ3v) is 5.46. The summed E-state index contributed by atoms with van der Waals surface area (Å²) in [5.41, 5.74) is 2.72. The zero-order valence-corrected chi connectivity index (χ0v) is 14.8. The molecule has 0 N–H and O–H groups in total. The van der Waals surface area contributed by atoms with E-state index in [1.165, 1.54) is 12.1 Å². The average molecular weight is 359 g/mol. The summed E-state index contributed by atoms with van der Waals surface area (Å²) >= 11 is 0. The Morgan fingerprint density at radius 1 is 1.04 bits per heavy atom. The lowest BCUT2D eigenvalue weighted by Gasteiger charge is -2.25. The van der Waals surface area contributed by atoms with Crippen LogP contribution in [0, 0.1) is 11.6 Å². The molecule has 1 saturated heterocycles. The second-order valence-electron chi connectivity index (χ2n) is 7.39. The third-order valence-electron chi connectivity index (χ3n) is 5.46. The van der Waals surface area contributed by atoms with Crippen molar-refractivity contribution in [2.24, 2.45) is 0 Å². The van der Waals surface area contributed by atoms with Crippen molar-refractivity contribution in [1.82, 2.24) is 14.7 Å². The Bertz CT molecular complexity index is 844. The molecule has 0 bridgehead atoms. The average Bonchev–Trinajstić information content (AvgIpc) is 3.01. The number of hydrogen-bond acceptors (Lipinski definition) is 3. The van der Waals surface area contributed by atoms with E-state index >= 15 is 0 Å². The van der Waals surface area contributed by atoms with E-state index in [9.17, 15) is 13.6 Å². The standard InChI is InChI=1S/C20H23F2N3O/c21-16-8-14(9-17(22)11-16)12-24-7-3-5-18(24)13-25-20(26)10-15-4-1-2-6-19(15)23-25/h8-11,18H,1-7,12-13H2. The summed E-state index contributed by atoms with van der Waals surface area (Å²) in [7, 11) is 0. The van der Waals surface area contributed by atoms with E-state index in [4.69, 9.17) is 0 Å². The molecule has 1 aliphatic heterocycles. The van der Waals surface area contributed by atoms with E-state index in [2.05, 4.69) is 10.00 Å². The lowest BCUT2D eigenvalue weighted by atomic mass is 9.97. The molecule has 0 saturated carbocycles. The van der Waals surface area contributed by atoms with Crippen LogP contribution in [0.2, 0.25) is 0 Å². The Hall–Kier alpha value is -2.08.